The predicted molar refractivity (Wildman–Crippen MR) is 76.6 cm³/mol. The van der Waals surface area contributed by atoms with Crippen molar-refractivity contribution in [3.63, 3.8) is 0 Å². The topological polar surface area (TPSA) is 76.7 Å². The molecule has 0 aromatic heterocycles. The molecule has 1 aromatic rings. The Labute approximate surface area is 121 Å². The minimum absolute atomic E-state index is 0.0133. The zero-order valence-electron chi connectivity index (χ0n) is 10.7. The molecule has 1 heterocycles. The summed E-state index contributed by atoms with van der Waals surface area (Å²) < 4.78 is 12.2. The monoisotopic (exact) mass is 330 g/mol. The van der Waals surface area contributed by atoms with Crippen LogP contribution in [0.15, 0.2) is 16.6 Å². The van der Waals surface area contributed by atoms with Crippen molar-refractivity contribution in [3.05, 3.63) is 22.2 Å². The van der Waals surface area contributed by atoms with Gasteiger partial charge in [-0.2, -0.15) is 0 Å². The van der Waals surface area contributed by atoms with Gasteiger partial charge in [-0.25, -0.2) is 0 Å². The minimum atomic E-state index is -0.0133. The van der Waals surface area contributed by atoms with E-state index in [1.807, 2.05) is 12.1 Å². The molecule has 6 heteroatoms. The summed E-state index contributed by atoms with van der Waals surface area (Å²) in [5.74, 6) is 1.49. The summed E-state index contributed by atoms with van der Waals surface area (Å²) in [6, 6.07) is 3.92. The number of hydrogen-bond donors (Lipinski definition) is 3. The number of aliphatic hydroxyl groups is 1. The molecule has 0 bridgehead atoms. The van der Waals surface area contributed by atoms with E-state index in [0.717, 1.165) is 28.0 Å². The standard InChI is InChI=1S/C13H19BrN2O3/c14-10-6-9(11(8-15)16-2-3-17)7-12-13(10)19-5-1-4-18-12/h6-7,11,16-17H,1-5,8,15H2. The molecule has 0 radical (unpaired) electrons. The summed E-state index contributed by atoms with van der Waals surface area (Å²) in [6.07, 6.45) is 0.875. The van der Waals surface area contributed by atoms with Crippen LogP contribution < -0.4 is 20.5 Å². The molecule has 1 aliphatic heterocycles. The minimum Gasteiger partial charge on any atom is -0.490 e. The lowest BCUT2D eigenvalue weighted by atomic mass is 10.1. The van der Waals surface area contributed by atoms with Crippen LogP contribution in [0.2, 0.25) is 0 Å². The van der Waals surface area contributed by atoms with Gasteiger partial charge in [0.25, 0.3) is 0 Å². The first kappa shape index (κ1) is 14.6. The van der Waals surface area contributed by atoms with E-state index in [1.165, 1.54) is 0 Å². The summed E-state index contributed by atoms with van der Waals surface area (Å²) in [6.45, 7) is 2.36. The lowest BCUT2D eigenvalue weighted by Gasteiger charge is -2.19. The zero-order chi connectivity index (χ0) is 13.7. The number of benzene rings is 1. The molecule has 1 aromatic carbocycles. The highest BCUT2D eigenvalue weighted by Gasteiger charge is 2.18. The van der Waals surface area contributed by atoms with E-state index < -0.39 is 0 Å². The van der Waals surface area contributed by atoms with Gasteiger partial charge < -0.3 is 25.6 Å². The molecular formula is C13H19BrN2O3. The number of aliphatic hydroxyl groups excluding tert-OH is 1. The lowest BCUT2D eigenvalue weighted by molar-refractivity contribution is 0.284. The second-order valence-corrected chi connectivity index (χ2v) is 5.20. The summed E-state index contributed by atoms with van der Waals surface area (Å²) in [7, 11) is 0. The quantitative estimate of drug-likeness (QED) is 0.756. The fraction of sp³-hybridized carbons (Fsp3) is 0.538. The molecular weight excluding hydrogens is 312 g/mol. The van der Waals surface area contributed by atoms with Crippen LogP contribution in [-0.4, -0.2) is 38.0 Å². The molecule has 0 spiro atoms. The van der Waals surface area contributed by atoms with Crippen molar-refractivity contribution >= 4 is 15.9 Å². The van der Waals surface area contributed by atoms with E-state index in [4.69, 9.17) is 20.3 Å². The van der Waals surface area contributed by atoms with E-state index >= 15 is 0 Å². The Morgan fingerprint density at radius 3 is 2.89 bits per heavy atom. The molecule has 19 heavy (non-hydrogen) atoms. The number of halogens is 1. The average Bonchev–Trinajstić information content (AvgIpc) is 2.65. The summed E-state index contributed by atoms with van der Waals surface area (Å²) >= 11 is 3.51. The first-order valence-electron chi connectivity index (χ1n) is 6.39. The normalized spacial score (nSPS) is 15.9. The van der Waals surface area contributed by atoms with Crippen molar-refractivity contribution in [2.75, 3.05) is 32.9 Å². The highest BCUT2D eigenvalue weighted by atomic mass is 79.9. The lowest BCUT2D eigenvalue weighted by Crippen LogP contribution is -2.30. The summed E-state index contributed by atoms with van der Waals surface area (Å²) in [4.78, 5) is 0. The number of nitrogens with two attached hydrogens (primary N) is 1. The van der Waals surface area contributed by atoms with Crippen LogP contribution in [0.3, 0.4) is 0 Å². The van der Waals surface area contributed by atoms with E-state index in [2.05, 4.69) is 21.2 Å². The Morgan fingerprint density at radius 2 is 2.16 bits per heavy atom. The molecule has 0 fully saturated rings. The number of fused-ring (bicyclic) bond motifs is 1. The second-order valence-electron chi connectivity index (χ2n) is 4.35. The van der Waals surface area contributed by atoms with E-state index in [-0.39, 0.29) is 12.6 Å². The molecule has 4 N–H and O–H groups in total. The van der Waals surface area contributed by atoms with Gasteiger partial charge in [0.1, 0.15) is 0 Å². The van der Waals surface area contributed by atoms with Gasteiger partial charge in [0.15, 0.2) is 11.5 Å². The van der Waals surface area contributed by atoms with Crippen LogP contribution in [-0.2, 0) is 0 Å². The van der Waals surface area contributed by atoms with Gasteiger partial charge in [0, 0.05) is 25.6 Å². The molecule has 2 rings (SSSR count). The van der Waals surface area contributed by atoms with Crippen molar-refractivity contribution in [1.29, 1.82) is 0 Å². The molecule has 0 aliphatic carbocycles. The number of hydrogen-bond acceptors (Lipinski definition) is 5. The first-order chi connectivity index (χ1) is 9.26. The second kappa shape index (κ2) is 7.09. The first-order valence-corrected chi connectivity index (χ1v) is 7.19. The van der Waals surface area contributed by atoms with Gasteiger partial charge in [-0.1, -0.05) is 0 Å². The van der Waals surface area contributed by atoms with Gasteiger partial charge in [0.05, 0.1) is 24.3 Å². The van der Waals surface area contributed by atoms with Crippen LogP contribution in [0, 0.1) is 0 Å². The van der Waals surface area contributed by atoms with Crippen LogP contribution >= 0.6 is 15.9 Å². The Hall–Kier alpha value is -0.820. The van der Waals surface area contributed by atoms with Gasteiger partial charge in [-0.05, 0) is 33.6 Å². The fourth-order valence-corrected chi connectivity index (χ4v) is 2.60. The van der Waals surface area contributed by atoms with Crippen LogP contribution in [0.4, 0.5) is 0 Å². The highest BCUT2D eigenvalue weighted by molar-refractivity contribution is 9.10. The third-order valence-corrected chi connectivity index (χ3v) is 3.55. The molecule has 1 aliphatic rings. The summed E-state index contributed by atoms with van der Waals surface area (Å²) in [5, 5.41) is 12.1. The zero-order valence-corrected chi connectivity index (χ0v) is 12.3. The van der Waals surface area contributed by atoms with Crippen molar-refractivity contribution in [1.82, 2.24) is 5.32 Å². The van der Waals surface area contributed by atoms with Crippen molar-refractivity contribution in [3.8, 4) is 11.5 Å². The molecule has 0 saturated carbocycles. The largest absolute Gasteiger partial charge is 0.490 e. The molecule has 0 amide bonds. The van der Waals surface area contributed by atoms with Crippen LogP contribution in [0.5, 0.6) is 11.5 Å². The van der Waals surface area contributed by atoms with E-state index in [9.17, 15) is 0 Å². The molecule has 5 nitrogen and oxygen atoms in total. The maximum absolute atomic E-state index is 8.88. The van der Waals surface area contributed by atoms with Gasteiger partial charge >= 0.3 is 0 Å². The Morgan fingerprint density at radius 1 is 1.37 bits per heavy atom. The van der Waals surface area contributed by atoms with E-state index in [1.54, 1.807) is 0 Å². The molecule has 1 atom stereocenters. The van der Waals surface area contributed by atoms with Crippen LogP contribution in [0.25, 0.3) is 0 Å². The molecule has 106 valence electrons. The Bertz CT molecular complexity index is 429. The predicted octanol–water partition coefficient (Wildman–Crippen LogP) is 1.19. The number of ether oxygens (including phenoxy) is 2. The summed E-state index contributed by atoms with van der Waals surface area (Å²) in [5.41, 5.74) is 6.79. The van der Waals surface area contributed by atoms with E-state index in [0.29, 0.717) is 26.3 Å². The third kappa shape index (κ3) is 3.60. The molecule has 1 unspecified atom stereocenters. The molecule has 0 saturated heterocycles. The Balaban J connectivity index is 2.26. The van der Waals surface area contributed by atoms with Crippen LogP contribution in [0.1, 0.15) is 18.0 Å². The van der Waals surface area contributed by atoms with Crippen molar-refractivity contribution in [2.45, 2.75) is 12.5 Å². The highest BCUT2D eigenvalue weighted by Crippen LogP contribution is 2.39. The average molecular weight is 331 g/mol. The fourth-order valence-electron chi connectivity index (χ4n) is 2.03. The maximum Gasteiger partial charge on any atom is 0.175 e. The van der Waals surface area contributed by atoms with Gasteiger partial charge in [-0.3, -0.25) is 0 Å². The van der Waals surface area contributed by atoms with Crippen molar-refractivity contribution in [2.24, 2.45) is 5.73 Å². The van der Waals surface area contributed by atoms with Crippen molar-refractivity contribution < 1.29 is 14.6 Å². The van der Waals surface area contributed by atoms with Gasteiger partial charge in [0.2, 0.25) is 0 Å². The SMILES string of the molecule is NCC(NCCO)c1cc(Br)c2c(c1)OCCCO2. The number of nitrogens with one attached hydrogen (secondary N) is 1. The number of rotatable bonds is 5. The Kier molecular flexibility index (Phi) is 5.45. The third-order valence-electron chi connectivity index (χ3n) is 2.97. The maximum atomic E-state index is 8.88. The smallest absolute Gasteiger partial charge is 0.175 e. The van der Waals surface area contributed by atoms with Gasteiger partial charge in [-0.15, -0.1) is 0 Å².